The number of benzene rings is 1. The summed E-state index contributed by atoms with van der Waals surface area (Å²) in [6, 6.07) is 7.21. The third-order valence-electron chi connectivity index (χ3n) is 2.76. The summed E-state index contributed by atoms with van der Waals surface area (Å²) in [5, 5.41) is 5.50. The lowest BCUT2D eigenvalue weighted by molar-refractivity contribution is 0.585. The van der Waals surface area contributed by atoms with Gasteiger partial charge in [-0.15, -0.1) is 11.3 Å². The molecule has 0 saturated carbocycles. The highest BCUT2D eigenvalue weighted by atomic mass is 79.9. The van der Waals surface area contributed by atoms with E-state index in [2.05, 4.69) is 32.7 Å². The average molecular weight is 349 g/mol. The van der Waals surface area contributed by atoms with Gasteiger partial charge in [-0.25, -0.2) is 4.39 Å². The zero-order valence-corrected chi connectivity index (χ0v) is 12.9. The Balaban J connectivity index is 2.17. The van der Waals surface area contributed by atoms with E-state index in [1.807, 2.05) is 13.1 Å². The number of rotatable bonds is 4. The van der Waals surface area contributed by atoms with Crippen LogP contribution in [0.5, 0.6) is 0 Å². The first-order chi connectivity index (χ1) is 8.60. The molecule has 1 atom stereocenters. The SMILES string of the molecule is CNC(Cc1ccc(Cl)c(F)c1)c1csc(Br)c1. The Morgan fingerprint density at radius 3 is 2.78 bits per heavy atom. The summed E-state index contributed by atoms with van der Waals surface area (Å²) in [4.78, 5) is 0. The molecule has 0 spiro atoms. The van der Waals surface area contributed by atoms with Gasteiger partial charge < -0.3 is 5.32 Å². The van der Waals surface area contributed by atoms with Gasteiger partial charge in [-0.05, 0) is 64.1 Å². The zero-order chi connectivity index (χ0) is 13.1. The third kappa shape index (κ3) is 3.32. The second-order valence-electron chi connectivity index (χ2n) is 3.98. The van der Waals surface area contributed by atoms with Crippen molar-refractivity contribution in [1.82, 2.24) is 5.32 Å². The lowest BCUT2D eigenvalue weighted by atomic mass is 10.0. The Labute approximate surface area is 123 Å². The average Bonchev–Trinajstić information content (AvgIpc) is 2.77. The van der Waals surface area contributed by atoms with E-state index >= 15 is 0 Å². The van der Waals surface area contributed by atoms with Crippen molar-refractivity contribution in [1.29, 1.82) is 0 Å². The van der Waals surface area contributed by atoms with E-state index in [1.165, 1.54) is 11.6 Å². The van der Waals surface area contributed by atoms with Crippen LogP contribution in [0.3, 0.4) is 0 Å². The van der Waals surface area contributed by atoms with Gasteiger partial charge in [0.1, 0.15) is 5.82 Å². The molecule has 2 aromatic rings. The smallest absolute Gasteiger partial charge is 0.142 e. The van der Waals surface area contributed by atoms with Crippen molar-refractivity contribution in [2.75, 3.05) is 7.05 Å². The maximum Gasteiger partial charge on any atom is 0.142 e. The minimum absolute atomic E-state index is 0.165. The number of nitrogens with one attached hydrogen (secondary N) is 1. The molecule has 1 unspecified atom stereocenters. The van der Waals surface area contributed by atoms with Crippen LogP contribution in [0.2, 0.25) is 5.02 Å². The second kappa shape index (κ2) is 6.15. The van der Waals surface area contributed by atoms with E-state index in [-0.39, 0.29) is 16.9 Å². The zero-order valence-electron chi connectivity index (χ0n) is 9.71. The predicted octanol–water partition coefficient (Wildman–Crippen LogP) is 4.81. The van der Waals surface area contributed by atoms with Gasteiger partial charge in [-0.2, -0.15) is 0 Å². The van der Waals surface area contributed by atoms with Crippen molar-refractivity contribution < 1.29 is 4.39 Å². The normalized spacial score (nSPS) is 12.7. The largest absolute Gasteiger partial charge is 0.313 e. The lowest BCUT2D eigenvalue weighted by Gasteiger charge is -2.15. The molecule has 1 aromatic carbocycles. The van der Waals surface area contributed by atoms with Gasteiger partial charge in [0.15, 0.2) is 0 Å². The molecule has 0 radical (unpaired) electrons. The topological polar surface area (TPSA) is 12.0 Å². The number of thiophene rings is 1. The van der Waals surface area contributed by atoms with Crippen molar-refractivity contribution >= 4 is 38.9 Å². The summed E-state index contributed by atoms with van der Waals surface area (Å²) < 4.78 is 14.5. The third-order valence-corrected chi connectivity index (χ3v) is 4.59. The Bertz CT molecular complexity index is 544. The first-order valence-corrected chi connectivity index (χ1v) is 7.50. The molecule has 5 heteroatoms. The highest BCUT2D eigenvalue weighted by Crippen LogP contribution is 2.28. The van der Waals surface area contributed by atoms with Gasteiger partial charge in [0, 0.05) is 6.04 Å². The summed E-state index contributed by atoms with van der Waals surface area (Å²) in [7, 11) is 1.91. The number of halogens is 3. The predicted molar refractivity (Wildman–Crippen MR) is 78.9 cm³/mol. The molecule has 0 fully saturated rings. The van der Waals surface area contributed by atoms with E-state index in [1.54, 1.807) is 17.4 Å². The standard InChI is InChI=1S/C13H12BrClFNS/c1-17-12(9-6-13(14)18-7-9)5-8-2-3-10(15)11(16)4-8/h2-4,6-7,12,17H,5H2,1H3. The Morgan fingerprint density at radius 1 is 1.44 bits per heavy atom. The van der Waals surface area contributed by atoms with Crippen LogP contribution in [0.15, 0.2) is 33.4 Å². The maximum atomic E-state index is 13.4. The molecule has 1 nitrogen and oxygen atoms in total. The molecular weight excluding hydrogens is 337 g/mol. The van der Waals surface area contributed by atoms with Crippen molar-refractivity contribution in [3.8, 4) is 0 Å². The van der Waals surface area contributed by atoms with Gasteiger partial charge in [0.05, 0.1) is 8.81 Å². The molecule has 0 saturated heterocycles. The van der Waals surface area contributed by atoms with Crippen LogP contribution in [0.4, 0.5) is 4.39 Å². The summed E-state index contributed by atoms with van der Waals surface area (Å²) in [6.07, 6.45) is 0.730. The molecule has 2 rings (SSSR count). The second-order valence-corrected chi connectivity index (χ2v) is 6.68. The van der Waals surface area contributed by atoms with E-state index in [9.17, 15) is 4.39 Å². The highest BCUT2D eigenvalue weighted by Gasteiger charge is 2.12. The maximum absolute atomic E-state index is 13.4. The first-order valence-electron chi connectivity index (χ1n) is 5.45. The van der Waals surface area contributed by atoms with Gasteiger partial charge >= 0.3 is 0 Å². The van der Waals surface area contributed by atoms with Crippen LogP contribution >= 0.6 is 38.9 Å². The Hall–Kier alpha value is -0.420. The first kappa shape index (κ1) is 14.0. The molecule has 18 heavy (non-hydrogen) atoms. The van der Waals surface area contributed by atoms with Gasteiger partial charge in [-0.1, -0.05) is 17.7 Å². The van der Waals surface area contributed by atoms with Crippen molar-refractivity contribution in [3.63, 3.8) is 0 Å². The molecular formula is C13H12BrClFNS. The Kier molecular flexibility index (Phi) is 4.78. The fraction of sp³-hybridized carbons (Fsp3) is 0.231. The summed E-state index contributed by atoms with van der Waals surface area (Å²) in [6.45, 7) is 0. The fourth-order valence-corrected chi connectivity index (χ4v) is 3.14. The van der Waals surface area contributed by atoms with Gasteiger partial charge in [0.2, 0.25) is 0 Å². The fourth-order valence-electron chi connectivity index (χ4n) is 1.80. The van der Waals surface area contributed by atoms with Crippen LogP contribution in [-0.4, -0.2) is 7.05 Å². The van der Waals surface area contributed by atoms with E-state index in [4.69, 9.17) is 11.6 Å². The summed E-state index contributed by atoms with van der Waals surface area (Å²) >= 11 is 10.8. The molecule has 0 aliphatic rings. The van der Waals surface area contributed by atoms with Crippen LogP contribution < -0.4 is 5.32 Å². The van der Waals surface area contributed by atoms with Crippen molar-refractivity contribution in [2.45, 2.75) is 12.5 Å². The van der Waals surface area contributed by atoms with Crippen LogP contribution in [0.25, 0.3) is 0 Å². The number of hydrogen-bond acceptors (Lipinski definition) is 2. The highest BCUT2D eigenvalue weighted by molar-refractivity contribution is 9.11. The number of likely N-dealkylation sites (N-methyl/N-ethyl adjacent to an activating group) is 1. The minimum Gasteiger partial charge on any atom is -0.313 e. The minimum atomic E-state index is -0.365. The lowest BCUT2D eigenvalue weighted by Crippen LogP contribution is -2.18. The van der Waals surface area contributed by atoms with Crippen molar-refractivity contribution in [2.24, 2.45) is 0 Å². The summed E-state index contributed by atoms with van der Waals surface area (Å²) in [5.74, 6) is -0.365. The van der Waals surface area contributed by atoms with Crippen molar-refractivity contribution in [3.05, 3.63) is 55.4 Å². The molecule has 1 N–H and O–H groups in total. The molecule has 1 heterocycles. The van der Waals surface area contributed by atoms with Crippen LogP contribution in [0.1, 0.15) is 17.2 Å². The summed E-state index contributed by atoms with van der Waals surface area (Å²) in [5.41, 5.74) is 2.13. The Morgan fingerprint density at radius 2 is 2.22 bits per heavy atom. The molecule has 0 aliphatic heterocycles. The van der Waals surface area contributed by atoms with E-state index in [0.717, 1.165) is 15.8 Å². The molecule has 96 valence electrons. The van der Waals surface area contributed by atoms with Crippen LogP contribution in [0, 0.1) is 5.82 Å². The van der Waals surface area contributed by atoms with E-state index in [0.29, 0.717) is 0 Å². The number of hydrogen-bond donors (Lipinski definition) is 1. The van der Waals surface area contributed by atoms with Crippen LogP contribution in [-0.2, 0) is 6.42 Å². The molecule has 0 aliphatic carbocycles. The van der Waals surface area contributed by atoms with E-state index < -0.39 is 0 Å². The van der Waals surface area contributed by atoms with Gasteiger partial charge in [0.25, 0.3) is 0 Å². The van der Waals surface area contributed by atoms with Gasteiger partial charge in [-0.3, -0.25) is 0 Å². The monoisotopic (exact) mass is 347 g/mol. The molecule has 0 bridgehead atoms. The molecule has 0 amide bonds. The molecule has 1 aromatic heterocycles. The quantitative estimate of drug-likeness (QED) is 0.836.